The summed E-state index contributed by atoms with van der Waals surface area (Å²) in [5, 5.41) is 6.19. The minimum absolute atomic E-state index is 0.0679. The highest BCUT2D eigenvalue weighted by Gasteiger charge is 2.06. The highest BCUT2D eigenvalue weighted by Crippen LogP contribution is 2.14. The maximum absolute atomic E-state index is 11.7. The van der Waals surface area contributed by atoms with Crippen molar-refractivity contribution in [3.8, 4) is 0 Å². The average Bonchev–Trinajstić information content (AvgIpc) is 2.35. The van der Waals surface area contributed by atoms with E-state index in [0.29, 0.717) is 24.1 Å². The van der Waals surface area contributed by atoms with Crippen LogP contribution in [-0.2, 0) is 0 Å². The molecule has 1 aromatic carbocycles. The molecule has 1 unspecified atom stereocenters. The molecule has 0 radical (unpaired) electrons. The summed E-state index contributed by atoms with van der Waals surface area (Å²) < 4.78 is 0. The lowest BCUT2D eigenvalue weighted by Crippen LogP contribution is -2.23. The molecule has 0 spiro atoms. The molecule has 2 N–H and O–H groups in total. The SMILES string of the molecule is C=CCNC(=O)c1ccc(NC(C)CC(C)C)cc1. The fraction of sp³-hybridized carbons (Fsp3) is 0.438. The number of carbonyl (C=O) groups is 1. The van der Waals surface area contributed by atoms with Crippen LogP contribution in [0.3, 0.4) is 0 Å². The Hall–Kier alpha value is -1.77. The van der Waals surface area contributed by atoms with Crippen LogP contribution in [0, 0.1) is 5.92 Å². The zero-order valence-corrected chi connectivity index (χ0v) is 12.1. The van der Waals surface area contributed by atoms with Gasteiger partial charge in [-0.15, -0.1) is 6.58 Å². The lowest BCUT2D eigenvalue weighted by molar-refractivity contribution is 0.0958. The van der Waals surface area contributed by atoms with Crippen molar-refractivity contribution in [2.75, 3.05) is 11.9 Å². The van der Waals surface area contributed by atoms with Gasteiger partial charge in [0.05, 0.1) is 0 Å². The smallest absolute Gasteiger partial charge is 0.251 e. The van der Waals surface area contributed by atoms with Crippen LogP contribution in [0.5, 0.6) is 0 Å². The molecule has 0 saturated carbocycles. The summed E-state index contributed by atoms with van der Waals surface area (Å²) in [5.41, 5.74) is 1.72. The zero-order chi connectivity index (χ0) is 14.3. The Morgan fingerprint density at radius 2 is 1.89 bits per heavy atom. The molecule has 0 bridgehead atoms. The largest absolute Gasteiger partial charge is 0.383 e. The Morgan fingerprint density at radius 3 is 2.42 bits per heavy atom. The second-order valence-corrected chi connectivity index (χ2v) is 5.25. The number of hydrogen-bond donors (Lipinski definition) is 2. The summed E-state index contributed by atoms with van der Waals surface area (Å²) in [6.07, 6.45) is 2.79. The van der Waals surface area contributed by atoms with Gasteiger partial charge < -0.3 is 10.6 Å². The van der Waals surface area contributed by atoms with Crippen LogP contribution in [0.4, 0.5) is 5.69 Å². The molecule has 0 saturated heterocycles. The van der Waals surface area contributed by atoms with E-state index in [1.54, 1.807) is 6.08 Å². The van der Waals surface area contributed by atoms with Gasteiger partial charge in [-0.05, 0) is 43.5 Å². The zero-order valence-electron chi connectivity index (χ0n) is 12.1. The molecule has 0 heterocycles. The summed E-state index contributed by atoms with van der Waals surface area (Å²) in [7, 11) is 0. The van der Waals surface area contributed by atoms with Crippen molar-refractivity contribution < 1.29 is 4.79 Å². The van der Waals surface area contributed by atoms with Crippen molar-refractivity contribution in [1.29, 1.82) is 0 Å². The van der Waals surface area contributed by atoms with Crippen LogP contribution in [-0.4, -0.2) is 18.5 Å². The second-order valence-electron chi connectivity index (χ2n) is 5.25. The maximum Gasteiger partial charge on any atom is 0.251 e. The van der Waals surface area contributed by atoms with Gasteiger partial charge in [-0.1, -0.05) is 19.9 Å². The molecule has 0 aliphatic rings. The summed E-state index contributed by atoms with van der Waals surface area (Å²) >= 11 is 0. The number of carbonyl (C=O) groups excluding carboxylic acids is 1. The first-order chi connectivity index (χ1) is 9.02. The Balaban J connectivity index is 2.56. The highest BCUT2D eigenvalue weighted by atomic mass is 16.1. The predicted molar refractivity (Wildman–Crippen MR) is 81.5 cm³/mol. The summed E-state index contributed by atoms with van der Waals surface area (Å²) in [5.74, 6) is 0.605. The molecule has 0 aliphatic heterocycles. The normalized spacial score (nSPS) is 12.0. The average molecular weight is 260 g/mol. The number of anilines is 1. The van der Waals surface area contributed by atoms with Gasteiger partial charge in [0.1, 0.15) is 0 Å². The standard InChI is InChI=1S/C16H24N2O/c1-5-10-17-16(19)14-6-8-15(9-7-14)18-13(4)11-12(2)3/h5-9,12-13,18H,1,10-11H2,2-4H3,(H,17,19). The molecule has 1 rings (SSSR count). The van der Waals surface area contributed by atoms with Crippen molar-refractivity contribution in [2.24, 2.45) is 5.92 Å². The minimum Gasteiger partial charge on any atom is -0.383 e. The number of amides is 1. The molecule has 3 heteroatoms. The van der Waals surface area contributed by atoms with Gasteiger partial charge in [-0.3, -0.25) is 4.79 Å². The van der Waals surface area contributed by atoms with Crippen molar-refractivity contribution in [1.82, 2.24) is 5.32 Å². The van der Waals surface area contributed by atoms with Crippen molar-refractivity contribution >= 4 is 11.6 Å². The van der Waals surface area contributed by atoms with E-state index in [1.807, 2.05) is 24.3 Å². The van der Waals surface area contributed by atoms with E-state index in [2.05, 4.69) is 38.0 Å². The Morgan fingerprint density at radius 1 is 1.26 bits per heavy atom. The van der Waals surface area contributed by atoms with E-state index in [-0.39, 0.29) is 5.91 Å². The fourth-order valence-corrected chi connectivity index (χ4v) is 2.04. The summed E-state index contributed by atoms with van der Waals surface area (Å²) in [4.78, 5) is 11.7. The number of rotatable bonds is 7. The molecule has 1 amide bonds. The molecule has 0 fully saturated rings. The monoisotopic (exact) mass is 260 g/mol. The highest BCUT2D eigenvalue weighted by molar-refractivity contribution is 5.94. The Kier molecular flexibility index (Phi) is 6.13. The van der Waals surface area contributed by atoms with Gasteiger partial charge in [0, 0.05) is 23.8 Å². The lowest BCUT2D eigenvalue weighted by Gasteiger charge is -2.17. The molecule has 1 aromatic rings. The van der Waals surface area contributed by atoms with E-state index in [4.69, 9.17) is 0 Å². The van der Waals surface area contributed by atoms with Gasteiger partial charge in [0.2, 0.25) is 0 Å². The molecule has 0 aliphatic carbocycles. The van der Waals surface area contributed by atoms with E-state index in [0.717, 1.165) is 12.1 Å². The quantitative estimate of drug-likeness (QED) is 0.737. The van der Waals surface area contributed by atoms with Gasteiger partial charge in [0.15, 0.2) is 0 Å². The van der Waals surface area contributed by atoms with Gasteiger partial charge in [-0.25, -0.2) is 0 Å². The molecule has 1 atom stereocenters. The first-order valence-electron chi connectivity index (χ1n) is 6.78. The molecule has 0 aromatic heterocycles. The molecule has 3 nitrogen and oxygen atoms in total. The summed E-state index contributed by atoms with van der Waals surface area (Å²) in [6, 6.07) is 7.99. The van der Waals surface area contributed by atoms with Crippen LogP contribution < -0.4 is 10.6 Å². The Labute approximate surface area is 116 Å². The minimum atomic E-state index is -0.0679. The topological polar surface area (TPSA) is 41.1 Å². The van der Waals surface area contributed by atoms with E-state index >= 15 is 0 Å². The van der Waals surface area contributed by atoms with E-state index in [1.165, 1.54) is 0 Å². The van der Waals surface area contributed by atoms with Crippen LogP contribution in [0.2, 0.25) is 0 Å². The molecule has 19 heavy (non-hydrogen) atoms. The van der Waals surface area contributed by atoms with Crippen LogP contribution in [0.25, 0.3) is 0 Å². The second kappa shape index (κ2) is 7.62. The van der Waals surface area contributed by atoms with Crippen molar-refractivity contribution in [3.63, 3.8) is 0 Å². The predicted octanol–water partition coefficient (Wildman–Crippen LogP) is 3.45. The van der Waals surface area contributed by atoms with Gasteiger partial charge in [0.25, 0.3) is 5.91 Å². The third kappa shape index (κ3) is 5.60. The first kappa shape index (κ1) is 15.3. The first-order valence-corrected chi connectivity index (χ1v) is 6.78. The fourth-order valence-electron chi connectivity index (χ4n) is 2.04. The maximum atomic E-state index is 11.7. The third-order valence-corrected chi connectivity index (χ3v) is 2.79. The molecular formula is C16H24N2O. The van der Waals surface area contributed by atoms with Gasteiger partial charge in [-0.2, -0.15) is 0 Å². The lowest BCUT2D eigenvalue weighted by atomic mass is 10.0. The Bertz CT molecular complexity index is 409. The number of hydrogen-bond acceptors (Lipinski definition) is 2. The van der Waals surface area contributed by atoms with Crippen LogP contribution >= 0.6 is 0 Å². The van der Waals surface area contributed by atoms with Crippen molar-refractivity contribution in [3.05, 3.63) is 42.5 Å². The van der Waals surface area contributed by atoms with Crippen LogP contribution in [0.15, 0.2) is 36.9 Å². The summed E-state index contributed by atoms with van der Waals surface area (Å²) in [6.45, 7) is 10.7. The van der Waals surface area contributed by atoms with Gasteiger partial charge >= 0.3 is 0 Å². The van der Waals surface area contributed by atoms with E-state index in [9.17, 15) is 4.79 Å². The molecule has 104 valence electrons. The number of benzene rings is 1. The molecular weight excluding hydrogens is 236 g/mol. The number of nitrogens with one attached hydrogen (secondary N) is 2. The van der Waals surface area contributed by atoms with Crippen molar-refractivity contribution in [2.45, 2.75) is 33.2 Å². The third-order valence-electron chi connectivity index (χ3n) is 2.79. The van der Waals surface area contributed by atoms with E-state index < -0.39 is 0 Å². The van der Waals surface area contributed by atoms with Crippen LogP contribution in [0.1, 0.15) is 37.6 Å².